The number of carbonyl (C=O) groups excluding carboxylic acids is 3. The highest BCUT2D eigenvalue weighted by Gasteiger charge is 2.50. The van der Waals surface area contributed by atoms with Gasteiger partial charge in [0.05, 0.1) is 25.9 Å². The second-order valence-electron chi connectivity index (χ2n) is 3.86. The van der Waals surface area contributed by atoms with E-state index in [4.69, 9.17) is 13.9 Å². The van der Waals surface area contributed by atoms with Crippen molar-refractivity contribution in [2.75, 3.05) is 13.2 Å². The van der Waals surface area contributed by atoms with Gasteiger partial charge in [-0.2, -0.15) is 0 Å². The molecule has 0 fully saturated rings. The summed E-state index contributed by atoms with van der Waals surface area (Å²) in [7, 11) is 0. The number of furan rings is 1. The van der Waals surface area contributed by atoms with Gasteiger partial charge in [-0.25, -0.2) is 9.59 Å². The van der Waals surface area contributed by atoms with Crippen LogP contribution in [-0.2, 0) is 30.3 Å². The Labute approximate surface area is 116 Å². The average Bonchev–Trinajstić information content (AvgIpc) is 2.91. The predicted octanol–water partition coefficient (Wildman–Crippen LogP) is 0.433. The van der Waals surface area contributed by atoms with Gasteiger partial charge in [-0.1, -0.05) is 0 Å². The van der Waals surface area contributed by atoms with Gasteiger partial charge in [-0.05, 0) is 26.0 Å². The highest BCUT2D eigenvalue weighted by molar-refractivity contribution is 6.06. The van der Waals surface area contributed by atoms with Gasteiger partial charge in [-0.15, -0.1) is 0 Å². The van der Waals surface area contributed by atoms with Gasteiger partial charge < -0.3 is 19.2 Å². The molecule has 0 saturated heterocycles. The third kappa shape index (κ3) is 3.37. The fourth-order valence-corrected chi connectivity index (χ4v) is 1.68. The van der Waals surface area contributed by atoms with Gasteiger partial charge in [0.15, 0.2) is 0 Å². The quantitative estimate of drug-likeness (QED) is 0.422. The summed E-state index contributed by atoms with van der Waals surface area (Å²) < 4.78 is 14.9. The van der Waals surface area contributed by atoms with Gasteiger partial charge in [0.2, 0.25) is 11.9 Å². The third-order valence-corrected chi connectivity index (χ3v) is 2.57. The Balaban J connectivity index is 3.13. The lowest BCUT2D eigenvalue weighted by Gasteiger charge is -2.27. The molecule has 0 spiro atoms. The largest absolute Gasteiger partial charge is 0.469 e. The molecular weight excluding hydrogens is 266 g/mol. The molecule has 0 bridgehead atoms. The van der Waals surface area contributed by atoms with Crippen molar-refractivity contribution in [1.29, 1.82) is 0 Å². The molecule has 1 aromatic rings. The molecule has 1 aromatic heterocycles. The van der Waals surface area contributed by atoms with Crippen LogP contribution in [0.25, 0.3) is 0 Å². The number of hydrogen-bond donors (Lipinski definition) is 1. The summed E-state index contributed by atoms with van der Waals surface area (Å²) in [5.74, 6) is -1.43. The maximum atomic E-state index is 12.1. The topological polar surface area (TPSA) is 94.8 Å². The van der Waals surface area contributed by atoms with Gasteiger partial charge in [0.25, 0.3) is 0 Å². The van der Waals surface area contributed by atoms with Crippen molar-refractivity contribution >= 4 is 18.3 Å². The number of ether oxygens (including phenoxy) is 2. The van der Waals surface area contributed by atoms with Crippen LogP contribution in [0.2, 0.25) is 0 Å². The molecule has 0 saturated carbocycles. The summed E-state index contributed by atoms with van der Waals surface area (Å²) in [4.78, 5) is 35.0. The van der Waals surface area contributed by atoms with Crippen LogP contribution in [0, 0.1) is 0 Å². The zero-order valence-corrected chi connectivity index (χ0v) is 11.4. The lowest BCUT2D eigenvalue weighted by molar-refractivity contribution is -0.167. The third-order valence-electron chi connectivity index (χ3n) is 2.57. The molecule has 0 aliphatic heterocycles. The van der Waals surface area contributed by atoms with Gasteiger partial charge in [0.1, 0.15) is 5.76 Å². The SMILES string of the molecule is CCOC(=O)C(Cc1ccco1)(NC=O)C(=O)OCC. The predicted molar refractivity (Wildman–Crippen MR) is 67.6 cm³/mol. The van der Waals surface area contributed by atoms with Crippen LogP contribution < -0.4 is 5.32 Å². The first-order chi connectivity index (χ1) is 9.60. The van der Waals surface area contributed by atoms with Crippen molar-refractivity contribution in [3.05, 3.63) is 24.2 Å². The Bertz CT molecular complexity index is 435. The normalized spacial score (nSPS) is 10.7. The molecule has 0 atom stereocenters. The molecule has 1 rings (SSSR count). The van der Waals surface area contributed by atoms with E-state index >= 15 is 0 Å². The molecule has 1 N–H and O–H groups in total. The van der Waals surface area contributed by atoms with E-state index in [1.807, 2.05) is 0 Å². The zero-order chi connectivity index (χ0) is 15.0. The van der Waals surface area contributed by atoms with E-state index in [9.17, 15) is 14.4 Å². The summed E-state index contributed by atoms with van der Waals surface area (Å²) in [6.45, 7) is 3.33. The molecular formula is C13H17NO6. The lowest BCUT2D eigenvalue weighted by atomic mass is 9.94. The molecule has 0 aromatic carbocycles. The van der Waals surface area contributed by atoms with Crippen molar-refractivity contribution in [3.8, 4) is 0 Å². The van der Waals surface area contributed by atoms with Crippen molar-refractivity contribution in [2.24, 2.45) is 0 Å². The second kappa shape index (κ2) is 7.32. The number of nitrogens with one attached hydrogen (secondary N) is 1. The van der Waals surface area contributed by atoms with Crippen molar-refractivity contribution < 1.29 is 28.3 Å². The molecule has 1 heterocycles. The Morgan fingerprint density at radius 3 is 2.30 bits per heavy atom. The standard InChI is InChI=1S/C13H17NO6/c1-3-18-11(16)13(14-9-15,12(17)19-4-2)8-10-6-5-7-20-10/h5-7,9H,3-4,8H2,1-2H3,(H,14,15). The van der Waals surface area contributed by atoms with E-state index in [1.54, 1.807) is 26.0 Å². The summed E-state index contributed by atoms with van der Waals surface area (Å²) >= 11 is 0. The molecule has 0 aliphatic rings. The first-order valence-corrected chi connectivity index (χ1v) is 6.18. The lowest BCUT2D eigenvalue weighted by Crippen LogP contribution is -2.60. The number of hydrogen-bond acceptors (Lipinski definition) is 6. The second-order valence-corrected chi connectivity index (χ2v) is 3.86. The van der Waals surface area contributed by atoms with Crippen LogP contribution in [0.1, 0.15) is 19.6 Å². The van der Waals surface area contributed by atoms with Crippen LogP contribution in [-0.4, -0.2) is 37.1 Å². The number of amides is 1. The summed E-state index contributed by atoms with van der Waals surface area (Å²) in [6.07, 6.45) is 1.48. The Hall–Kier alpha value is -2.31. The van der Waals surface area contributed by atoms with E-state index in [-0.39, 0.29) is 26.0 Å². The highest BCUT2D eigenvalue weighted by Crippen LogP contribution is 2.18. The molecule has 20 heavy (non-hydrogen) atoms. The van der Waals surface area contributed by atoms with Crippen LogP contribution in [0.15, 0.2) is 22.8 Å². The monoisotopic (exact) mass is 283 g/mol. The fraction of sp³-hybridized carbons (Fsp3) is 0.462. The molecule has 110 valence electrons. The van der Waals surface area contributed by atoms with Crippen LogP contribution in [0.4, 0.5) is 0 Å². The van der Waals surface area contributed by atoms with E-state index in [1.165, 1.54) is 6.26 Å². The number of rotatable bonds is 8. The molecule has 0 unspecified atom stereocenters. The minimum atomic E-state index is -1.94. The van der Waals surface area contributed by atoms with Crippen LogP contribution >= 0.6 is 0 Å². The first-order valence-electron chi connectivity index (χ1n) is 6.18. The van der Waals surface area contributed by atoms with Crippen LogP contribution in [0.5, 0.6) is 0 Å². The molecule has 0 aliphatic carbocycles. The summed E-state index contributed by atoms with van der Waals surface area (Å²) in [6, 6.07) is 3.19. The number of esters is 2. The molecule has 0 radical (unpaired) electrons. The molecule has 7 heteroatoms. The minimum Gasteiger partial charge on any atom is -0.469 e. The average molecular weight is 283 g/mol. The maximum absolute atomic E-state index is 12.1. The van der Waals surface area contributed by atoms with Gasteiger partial charge in [-0.3, -0.25) is 4.79 Å². The highest BCUT2D eigenvalue weighted by atomic mass is 16.6. The Morgan fingerprint density at radius 2 is 1.90 bits per heavy atom. The maximum Gasteiger partial charge on any atom is 0.344 e. The Morgan fingerprint density at radius 1 is 1.30 bits per heavy atom. The van der Waals surface area contributed by atoms with Crippen molar-refractivity contribution in [2.45, 2.75) is 25.8 Å². The fourth-order valence-electron chi connectivity index (χ4n) is 1.68. The van der Waals surface area contributed by atoms with E-state index < -0.39 is 17.5 Å². The molecule has 7 nitrogen and oxygen atoms in total. The van der Waals surface area contributed by atoms with E-state index in [2.05, 4.69) is 5.32 Å². The van der Waals surface area contributed by atoms with Crippen molar-refractivity contribution in [1.82, 2.24) is 5.32 Å². The van der Waals surface area contributed by atoms with E-state index in [0.717, 1.165) is 0 Å². The zero-order valence-electron chi connectivity index (χ0n) is 11.4. The van der Waals surface area contributed by atoms with Gasteiger partial charge >= 0.3 is 11.9 Å². The summed E-state index contributed by atoms with van der Waals surface area (Å²) in [5, 5.41) is 2.21. The Kier molecular flexibility index (Phi) is 5.76. The first kappa shape index (κ1) is 15.7. The van der Waals surface area contributed by atoms with Gasteiger partial charge in [0, 0.05) is 0 Å². The number of carbonyl (C=O) groups is 3. The molecule has 1 amide bonds. The minimum absolute atomic E-state index is 0.0681. The van der Waals surface area contributed by atoms with Crippen LogP contribution in [0.3, 0.4) is 0 Å². The van der Waals surface area contributed by atoms with E-state index in [0.29, 0.717) is 5.76 Å². The van der Waals surface area contributed by atoms with Crippen molar-refractivity contribution in [3.63, 3.8) is 0 Å². The smallest absolute Gasteiger partial charge is 0.344 e. The summed E-state index contributed by atoms with van der Waals surface area (Å²) in [5.41, 5.74) is -1.94.